The number of hydrogen-bond acceptors (Lipinski definition) is 3. The van der Waals surface area contributed by atoms with Crippen molar-refractivity contribution in [3.63, 3.8) is 0 Å². The van der Waals surface area contributed by atoms with E-state index in [9.17, 15) is 0 Å². The number of unbranched alkanes of at least 4 members (excludes halogenated alkanes) is 1. The van der Waals surface area contributed by atoms with Gasteiger partial charge in [0.2, 0.25) is 0 Å². The summed E-state index contributed by atoms with van der Waals surface area (Å²) in [5.41, 5.74) is 0. The lowest BCUT2D eigenvalue weighted by Gasteiger charge is -2.37. The topological polar surface area (TPSA) is 18.5 Å². The van der Waals surface area contributed by atoms with Crippen LogP contribution in [0.25, 0.3) is 0 Å². The molecular weight excluding hydrogens is 234 g/mol. The van der Waals surface area contributed by atoms with E-state index < -0.39 is 0 Å². The van der Waals surface area contributed by atoms with Gasteiger partial charge in [0.15, 0.2) is 0 Å². The van der Waals surface area contributed by atoms with Crippen molar-refractivity contribution >= 4 is 0 Å². The Morgan fingerprint density at radius 1 is 1.00 bits per heavy atom. The van der Waals surface area contributed by atoms with Gasteiger partial charge < -0.3 is 10.2 Å². The van der Waals surface area contributed by atoms with Crippen LogP contribution in [0.5, 0.6) is 0 Å². The maximum absolute atomic E-state index is 3.49. The van der Waals surface area contributed by atoms with E-state index in [0.717, 1.165) is 12.6 Å². The minimum Gasteiger partial charge on any atom is -0.315 e. The highest BCUT2D eigenvalue weighted by atomic mass is 15.3. The largest absolute Gasteiger partial charge is 0.315 e. The smallest absolute Gasteiger partial charge is 0.0113 e. The predicted molar refractivity (Wildman–Crippen MR) is 84.8 cm³/mol. The Balaban J connectivity index is 2.03. The molecule has 0 saturated carbocycles. The van der Waals surface area contributed by atoms with Gasteiger partial charge in [-0.25, -0.2) is 0 Å². The van der Waals surface area contributed by atoms with Gasteiger partial charge in [0, 0.05) is 38.3 Å². The summed E-state index contributed by atoms with van der Waals surface area (Å²) in [4.78, 5) is 5.29. The maximum Gasteiger partial charge on any atom is 0.0113 e. The SMILES string of the molecule is CCNC(C)CCCCN1CCN(C(C)CC)CC1. The molecule has 0 amide bonds. The molecule has 1 N–H and O–H groups in total. The minimum absolute atomic E-state index is 0.687. The monoisotopic (exact) mass is 269 g/mol. The van der Waals surface area contributed by atoms with Crippen LogP contribution >= 0.6 is 0 Å². The Kier molecular flexibility index (Phi) is 8.67. The minimum atomic E-state index is 0.687. The van der Waals surface area contributed by atoms with E-state index in [1.807, 2.05) is 0 Å². The van der Waals surface area contributed by atoms with Crippen molar-refractivity contribution in [1.82, 2.24) is 15.1 Å². The third kappa shape index (κ3) is 6.73. The van der Waals surface area contributed by atoms with Crippen LogP contribution in [0.1, 0.15) is 53.4 Å². The highest BCUT2D eigenvalue weighted by Crippen LogP contribution is 2.10. The van der Waals surface area contributed by atoms with Crippen LogP contribution in [-0.2, 0) is 0 Å². The average Bonchev–Trinajstić information content (AvgIpc) is 2.44. The molecule has 3 heteroatoms. The molecule has 1 saturated heterocycles. The first-order valence-corrected chi connectivity index (χ1v) is 8.37. The summed E-state index contributed by atoms with van der Waals surface area (Å²) in [6.07, 6.45) is 5.32. The molecule has 0 aliphatic carbocycles. The van der Waals surface area contributed by atoms with Crippen LogP contribution in [0.4, 0.5) is 0 Å². The summed E-state index contributed by atoms with van der Waals surface area (Å²) in [7, 11) is 0. The van der Waals surface area contributed by atoms with Crippen molar-refractivity contribution < 1.29 is 0 Å². The number of nitrogens with one attached hydrogen (secondary N) is 1. The van der Waals surface area contributed by atoms with Gasteiger partial charge in [-0.15, -0.1) is 0 Å². The molecule has 19 heavy (non-hydrogen) atoms. The van der Waals surface area contributed by atoms with Crippen LogP contribution in [-0.4, -0.2) is 61.2 Å². The second-order valence-electron chi connectivity index (χ2n) is 6.09. The zero-order chi connectivity index (χ0) is 14.1. The molecular formula is C16H35N3. The van der Waals surface area contributed by atoms with Gasteiger partial charge in [-0.2, -0.15) is 0 Å². The van der Waals surface area contributed by atoms with Crippen molar-refractivity contribution in [1.29, 1.82) is 0 Å². The number of rotatable bonds is 9. The van der Waals surface area contributed by atoms with Crippen LogP contribution in [0, 0.1) is 0 Å². The molecule has 1 rings (SSSR count). The highest BCUT2D eigenvalue weighted by molar-refractivity contribution is 4.75. The molecule has 0 spiro atoms. The third-order valence-electron chi connectivity index (χ3n) is 4.54. The number of piperazine rings is 1. The van der Waals surface area contributed by atoms with Crippen molar-refractivity contribution in [2.75, 3.05) is 39.3 Å². The Morgan fingerprint density at radius 2 is 1.68 bits per heavy atom. The van der Waals surface area contributed by atoms with Crippen molar-refractivity contribution in [2.24, 2.45) is 0 Å². The van der Waals surface area contributed by atoms with E-state index >= 15 is 0 Å². The molecule has 2 unspecified atom stereocenters. The summed E-state index contributed by atoms with van der Waals surface area (Å²) in [6, 6.07) is 1.45. The molecule has 0 aromatic rings. The molecule has 0 radical (unpaired) electrons. The van der Waals surface area contributed by atoms with Gasteiger partial charge in [-0.05, 0) is 46.2 Å². The van der Waals surface area contributed by atoms with Crippen molar-refractivity contribution in [2.45, 2.75) is 65.5 Å². The first kappa shape index (κ1) is 16.9. The van der Waals surface area contributed by atoms with Crippen LogP contribution in [0.15, 0.2) is 0 Å². The van der Waals surface area contributed by atoms with Crippen molar-refractivity contribution in [3.8, 4) is 0 Å². The molecule has 0 aromatic heterocycles. The first-order valence-electron chi connectivity index (χ1n) is 8.37. The molecule has 1 aliphatic rings. The predicted octanol–water partition coefficient (Wildman–Crippen LogP) is 2.57. The van der Waals surface area contributed by atoms with Crippen molar-refractivity contribution in [3.05, 3.63) is 0 Å². The normalized spacial score (nSPS) is 21.5. The van der Waals surface area contributed by atoms with E-state index in [4.69, 9.17) is 0 Å². The Labute approximate surface area is 120 Å². The molecule has 1 heterocycles. The second-order valence-corrected chi connectivity index (χ2v) is 6.09. The quantitative estimate of drug-likeness (QED) is 0.649. The molecule has 114 valence electrons. The van der Waals surface area contributed by atoms with Gasteiger partial charge in [-0.1, -0.05) is 20.3 Å². The molecule has 1 aliphatic heterocycles. The summed E-state index contributed by atoms with van der Waals surface area (Å²) >= 11 is 0. The molecule has 0 bridgehead atoms. The van der Waals surface area contributed by atoms with E-state index in [0.29, 0.717) is 6.04 Å². The summed E-state index contributed by atoms with van der Waals surface area (Å²) < 4.78 is 0. The molecule has 1 fully saturated rings. The van der Waals surface area contributed by atoms with Gasteiger partial charge in [0.1, 0.15) is 0 Å². The van der Waals surface area contributed by atoms with Gasteiger partial charge in [-0.3, -0.25) is 4.90 Å². The van der Waals surface area contributed by atoms with Crippen LogP contribution in [0.2, 0.25) is 0 Å². The fourth-order valence-electron chi connectivity index (χ4n) is 2.92. The summed E-state index contributed by atoms with van der Waals surface area (Å²) in [5.74, 6) is 0. The van der Waals surface area contributed by atoms with E-state index in [-0.39, 0.29) is 0 Å². The maximum atomic E-state index is 3.49. The number of hydrogen-bond donors (Lipinski definition) is 1. The van der Waals surface area contributed by atoms with E-state index in [1.165, 1.54) is 58.4 Å². The highest BCUT2D eigenvalue weighted by Gasteiger charge is 2.19. The van der Waals surface area contributed by atoms with Crippen LogP contribution < -0.4 is 5.32 Å². The summed E-state index contributed by atoms with van der Waals surface area (Å²) in [6.45, 7) is 16.6. The average molecular weight is 269 g/mol. The Morgan fingerprint density at radius 3 is 2.26 bits per heavy atom. The molecule has 2 atom stereocenters. The van der Waals surface area contributed by atoms with E-state index in [1.54, 1.807) is 0 Å². The Bertz CT molecular complexity index is 212. The molecule has 3 nitrogen and oxygen atoms in total. The fourth-order valence-corrected chi connectivity index (χ4v) is 2.92. The summed E-state index contributed by atoms with van der Waals surface area (Å²) in [5, 5.41) is 3.49. The lowest BCUT2D eigenvalue weighted by molar-refractivity contribution is 0.0993. The first-order chi connectivity index (χ1) is 9.17. The Hall–Kier alpha value is -0.120. The zero-order valence-electron chi connectivity index (χ0n) is 13.6. The molecule has 0 aromatic carbocycles. The number of nitrogens with zero attached hydrogens (tertiary/aromatic N) is 2. The van der Waals surface area contributed by atoms with Crippen LogP contribution in [0.3, 0.4) is 0 Å². The third-order valence-corrected chi connectivity index (χ3v) is 4.54. The van der Waals surface area contributed by atoms with Gasteiger partial charge in [0.05, 0.1) is 0 Å². The standard InChI is InChI=1S/C16H35N3/c1-5-16(4)19-13-11-18(12-14-19)10-8-7-9-15(3)17-6-2/h15-17H,5-14H2,1-4H3. The fraction of sp³-hybridized carbons (Fsp3) is 1.00. The van der Waals surface area contributed by atoms with Gasteiger partial charge >= 0.3 is 0 Å². The lowest BCUT2D eigenvalue weighted by Crippen LogP contribution is -2.49. The zero-order valence-corrected chi connectivity index (χ0v) is 13.6. The van der Waals surface area contributed by atoms with Gasteiger partial charge in [0.25, 0.3) is 0 Å². The lowest BCUT2D eigenvalue weighted by atomic mass is 10.1. The second kappa shape index (κ2) is 9.73. The van der Waals surface area contributed by atoms with E-state index in [2.05, 4.69) is 42.8 Å².